The first kappa shape index (κ1) is 17.6. The summed E-state index contributed by atoms with van der Waals surface area (Å²) in [6.45, 7) is 2.63. The van der Waals surface area contributed by atoms with E-state index in [-0.39, 0.29) is 18.5 Å². The van der Waals surface area contributed by atoms with Gasteiger partial charge in [0.1, 0.15) is 5.75 Å². The van der Waals surface area contributed by atoms with Gasteiger partial charge in [-0.25, -0.2) is 4.79 Å². The third-order valence-electron chi connectivity index (χ3n) is 4.30. The maximum absolute atomic E-state index is 12.2. The SMILES string of the molecule is COc1ccc2c(ccn2C(=O)OCCC2CCNCC2)c1.Cl. The molecule has 1 aliphatic rings. The summed E-state index contributed by atoms with van der Waals surface area (Å²) >= 11 is 0. The zero-order valence-corrected chi connectivity index (χ0v) is 14.1. The molecule has 1 aliphatic heterocycles. The lowest BCUT2D eigenvalue weighted by Gasteiger charge is -2.22. The zero-order chi connectivity index (χ0) is 15.4. The minimum absolute atomic E-state index is 0. The van der Waals surface area contributed by atoms with Gasteiger partial charge in [0.25, 0.3) is 0 Å². The van der Waals surface area contributed by atoms with Gasteiger partial charge in [0.05, 0.1) is 19.2 Å². The predicted molar refractivity (Wildman–Crippen MR) is 92.7 cm³/mol. The fourth-order valence-corrected chi connectivity index (χ4v) is 2.96. The lowest BCUT2D eigenvalue weighted by molar-refractivity contribution is 0.138. The molecule has 0 bridgehead atoms. The molecule has 126 valence electrons. The number of nitrogens with zero attached hydrogens (tertiary/aromatic N) is 1. The van der Waals surface area contributed by atoms with Crippen LogP contribution in [-0.2, 0) is 4.74 Å². The van der Waals surface area contributed by atoms with Gasteiger partial charge in [0.15, 0.2) is 0 Å². The summed E-state index contributed by atoms with van der Waals surface area (Å²) in [4.78, 5) is 12.2. The van der Waals surface area contributed by atoms with Crippen molar-refractivity contribution in [1.29, 1.82) is 0 Å². The van der Waals surface area contributed by atoms with Crippen LogP contribution in [0, 0.1) is 5.92 Å². The van der Waals surface area contributed by atoms with Crippen LogP contribution in [0.25, 0.3) is 10.9 Å². The quantitative estimate of drug-likeness (QED) is 0.927. The van der Waals surface area contributed by atoms with Gasteiger partial charge in [0.2, 0.25) is 0 Å². The van der Waals surface area contributed by atoms with Gasteiger partial charge in [-0.15, -0.1) is 12.4 Å². The fourth-order valence-electron chi connectivity index (χ4n) is 2.96. The van der Waals surface area contributed by atoms with E-state index in [1.807, 2.05) is 24.3 Å². The minimum atomic E-state index is -0.311. The second-order valence-corrected chi connectivity index (χ2v) is 5.71. The molecular formula is C17H23ClN2O3. The molecular weight excluding hydrogens is 316 g/mol. The highest BCUT2D eigenvalue weighted by Crippen LogP contribution is 2.22. The molecule has 23 heavy (non-hydrogen) atoms. The Kier molecular flexibility index (Phi) is 6.30. The number of nitrogens with one attached hydrogen (secondary N) is 1. The van der Waals surface area contributed by atoms with E-state index in [9.17, 15) is 4.79 Å². The Morgan fingerprint density at radius 3 is 2.83 bits per heavy atom. The van der Waals surface area contributed by atoms with E-state index in [4.69, 9.17) is 9.47 Å². The first-order valence-corrected chi connectivity index (χ1v) is 7.81. The molecule has 1 aromatic heterocycles. The van der Waals surface area contributed by atoms with E-state index in [0.29, 0.717) is 12.5 Å². The summed E-state index contributed by atoms with van der Waals surface area (Å²) in [6.07, 6.45) is 4.72. The van der Waals surface area contributed by atoms with E-state index in [1.54, 1.807) is 17.9 Å². The minimum Gasteiger partial charge on any atom is -0.497 e. The van der Waals surface area contributed by atoms with Gasteiger partial charge in [-0.2, -0.15) is 0 Å². The number of piperidine rings is 1. The highest BCUT2D eigenvalue weighted by molar-refractivity contribution is 5.90. The standard InChI is InChI=1S/C17H22N2O3.ClH/c1-21-15-2-3-16-14(12-15)6-10-19(16)17(20)22-11-7-13-4-8-18-9-5-13;/h2-3,6,10,12-13,18H,4-5,7-9,11H2,1H3;1H. The summed E-state index contributed by atoms with van der Waals surface area (Å²) in [6, 6.07) is 7.53. The highest BCUT2D eigenvalue weighted by atomic mass is 35.5. The lowest BCUT2D eigenvalue weighted by Crippen LogP contribution is -2.28. The summed E-state index contributed by atoms with van der Waals surface area (Å²) in [5.41, 5.74) is 0.840. The van der Waals surface area contributed by atoms with Crippen LogP contribution in [0.3, 0.4) is 0 Å². The van der Waals surface area contributed by atoms with Crippen LogP contribution in [0.2, 0.25) is 0 Å². The van der Waals surface area contributed by atoms with Crippen molar-refractivity contribution >= 4 is 29.4 Å². The molecule has 5 nitrogen and oxygen atoms in total. The molecule has 1 saturated heterocycles. The highest BCUT2D eigenvalue weighted by Gasteiger charge is 2.15. The molecule has 6 heteroatoms. The van der Waals surface area contributed by atoms with Crippen molar-refractivity contribution in [2.75, 3.05) is 26.8 Å². The molecule has 3 rings (SSSR count). The van der Waals surface area contributed by atoms with Crippen LogP contribution in [0.4, 0.5) is 4.79 Å². The molecule has 0 amide bonds. The average Bonchev–Trinajstić information content (AvgIpc) is 2.98. The van der Waals surface area contributed by atoms with E-state index >= 15 is 0 Å². The van der Waals surface area contributed by atoms with Crippen molar-refractivity contribution in [1.82, 2.24) is 9.88 Å². The average molecular weight is 339 g/mol. The molecule has 0 atom stereocenters. The maximum Gasteiger partial charge on any atom is 0.418 e. The first-order valence-electron chi connectivity index (χ1n) is 7.81. The van der Waals surface area contributed by atoms with Crippen LogP contribution >= 0.6 is 12.4 Å². The van der Waals surface area contributed by atoms with Crippen molar-refractivity contribution < 1.29 is 14.3 Å². The Hall–Kier alpha value is -1.72. The van der Waals surface area contributed by atoms with Crippen molar-refractivity contribution in [2.45, 2.75) is 19.3 Å². The number of carbonyl (C=O) groups is 1. The number of hydrogen-bond donors (Lipinski definition) is 1. The lowest BCUT2D eigenvalue weighted by atomic mass is 9.95. The molecule has 2 aromatic rings. The molecule has 0 saturated carbocycles. The number of ether oxygens (including phenoxy) is 2. The third-order valence-corrected chi connectivity index (χ3v) is 4.30. The fraction of sp³-hybridized carbons (Fsp3) is 0.471. The molecule has 1 aromatic carbocycles. The number of halogens is 1. The third kappa shape index (κ3) is 4.18. The number of hydrogen-bond acceptors (Lipinski definition) is 4. The van der Waals surface area contributed by atoms with Gasteiger partial charge in [-0.1, -0.05) is 0 Å². The van der Waals surface area contributed by atoms with Crippen LogP contribution in [0.1, 0.15) is 19.3 Å². The summed E-state index contributed by atoms with van der Waals surface area (Å²) in [7, 11) is 1.63. The predicted octanol–water partition coefficient (Wildman–Crippen LogP) is 3.45. The second-order valence-electron chi connectivity index (χ2n) is 5.71. The Morgan fingerprint density at radius 2 is 2.09 bits per heavy atom. The molecule has 1 N–H and O–H groups in total. The van der Waals surface area contributed by atoms with Crippen molar-refractivity contribution in [3.05, 3.63) is 30.5 Å². The number of benzene rings is 1. The van der Waals surface area contributed by atoms with E-state index in [0.717, 1.165) is 36.2 Å². The molecule has 2 heterocycles. The van der Waals surface area contributed by atoms with Gasteiger partial charge in [0, 0.05) is 11.6 Å². The van der Waals surface area contributed by atoms with Gasteiger partial charge in [-0.05, 0) is 62.5 Å². The van der Waals surface area contributed by atoms with Crippen LogP contribution in [0.15, 0.2) is 30.5 Å². The molecule has 0 radical (unpaired) electrons. The Balaban J connectivity index is 0.00000192. The summed E-state index contributed by atoms with van der Waals surface area (Å²) < 4.78 is 12.2. The number of rotatable bonds is 4. The van der Waals surface area contributed by atoms with Gasteiger partial charge in [-0.3, -0.25) is 4.57 Å². The smallest absolute Gasteiger partial charge is 0.418 e. The molecule has 0 unspecified atom stereocenters. The number of carbonyl (C=O) groups excluding carboxylic acids is 1. The number of fused-ring (bicyclic) bond motifs is 1. The van der Waals surface area contributed by atoms with Gasteiger partial charge < -0.3 is 14.8 Å². The molecule has 0 spiro atoms. The Morgan fingerprint density at radius 1 is 1.30 bits per heavy atom. The molecule has 0 aliphatic carbocycles. The van der Waals surface area contributed by atoms with Gasteiger partial charge >= 0.3 is 6.09 Å². The first-order chi connectivity index (χ1) is 10.8. The van der Waals surface area contributed by atoms with E-state index in [2.05, 4.69) is 5.32 Å². The second kappa shape index (κ2) is 8.22. The van der Waals surface area contributed by atoms with Crippen LogP contribution in [0.5, 0.6) is 5.75 Å². The normalized spacial score (nSPS) is 15.2. The monoisotopic (exact) mass is 338 g/mol. The van der Waals surface area contributed by atoms with Crippen LogP contribution < -0.4 is 10.1 Å². The van der Waals surface area contributed by atoms with Crippen LogP contribution in [-0.4, -0.2) is 37.5 Å². The zero-order valence-electron chi connectivity index (χ0n) is 13.3. The summed E-state index contributed by atoms with van der Waals surface area (Å²) in [5.74, 6) is 1.45. The van der Waals surface area contributed by atoms with E-state index < -0.39 is 0 Å². The van der Waals surface area contributed by atoms with Crippen molar-refractivity contribution in [2.24, 2.45) is 5.92 Å². The largest absolute Gasteiger partial charge is 0.497 e. The van der Waals surface area contributed by atoms with E-state index in [1.165, 1.54) is 12.8 Å². The molecule has 1 fully saturated rings. The topological polar surface area (TPSA) is 52.5 Å². The van der Waals surface area contributed by atoms with Crippen molar-refractivity contribution in [3.63, 3.8) is 0 Å². The number of methoxy groups -OCH3 is 1. The Labute approximate surface area is 142 Å². The maximum atomic E-state index is 12.2. The van der Waals surface area contributed by atoms with Crippen molar-refractivity contribution in [3.8, 4) is 5.75 Å². The summed E-state index contributed by atoms with van der Waals surface area (Å²) in [5, 5.41) is 4.31. The number of aromatic nitrogens is 1. The Bertz CT molecular complexity index is 650.